The van der Waals surface area contributed by atoms with Crippen molar-refractivity contribution in [2.24, 2.45) is 0 Å². The van der Waals surface area contributed by atoms with E-state index in [2.05, 4.69) is 0 Å². The Hall–Kier alpha value is -0.990. The lowest BCUT2D eigenvalue weighted by atomic mass is 10.4. The van der Waals surface area contributed by atoms with Gasteiger partial charge >= 0.3 is 5.97 Å². The van der Waals surface area contributed by atoms with E-state index in [1.54, 1.807) is 25.9 Å². The van der Waals surface area contributed by atoms with E-state index in [1.165, 1.54) is 6.08 Å². The highest BCUT2D eigenvalue weighted by Gasteiger charge is 1.93. The zero-order chi connectivity index (χ0) is 7.44. The van der Waals surface area contributed by atoms with Crippen LogP contribution < -0.4 is 0 Å². The number of carboxylic acids is 1. The lowest BCUT2D eigenvalue weighted by Crippen LogP contribution is -2.09. The summed E-state index contributed by atoms with van der Waals surface area (Å²) >= 11 is 0. The van der Waals surface area contributed by atoms with E-state index in [4.69, 9.17) is 5.11 Å². The summed E-state index contributed by atoms with van der Waals surface area (Å²) in [7, 11) is 3.60. The van der Waals surface area contributed by atoms with Gasteiger partial charge in [-0.25, -0.2) is 4.79 Å². The van der Waals surface area contributed by atoms with Gasteiger partial charge < -0.3 is 10.0 Å². The van der Waals surface area contributed by atoms with Gasteiger partial charge in [0.2, 0.25) is 0 Å². The van der Waals surface area contributed by atoms with Crippen molar-refractivity contribution >= 4 is 5.97 Å². The molecule has 0 atom stereocenters. The number of nitrogens with zero attached hydrogens (tertiary/aromatic N) is 1. The minimum atomic E-state index is -0.902. The molecule has 3 nitrogen and oxygen atoms in total. The molecular weight excluding hydrogens is 118 g/mol. The molecule has 1 N–H and O–H groups in total. The van der Waals surface area contributed by atoms with Gasteiger partial charge in [0, 0.05) is 25.9 Å². The van der Waals surface area contributed by atoms with Crippen LogP contribution >= 0.6 is 0 Å². The second-order valence-electron chi connectivity index (χ2n) is 2.02. The van der Waals surface area contributed by atoms with E-state index in [1.807, 2.05) is 0 Å². The Balaban J connectivity index is 4.00. The summed E-state index contributed by atoms with van der Waals surface area (Å²) in [5, 5.41) is 8.23. The average molecular weight is 129 g/mol. The number of allylic oxidation sites excluding steroid dienone is 1. The standard InChI is InChI=1S/C6H11NO2/c1-5(7(2)3)4-6(8)9/h4H,1-3H3,(H,8,9)/b5-4+. The first-order chi connectivity index (χ1) is 4.04. The van der Waals surface area contributed by atoms with E-state index in [-0.39, 0.29) is 0 Å². The first-order valence-corrected chi connectivity index (χ1v) is 2.62. The zero-order valence-corrected chi connectivity index (χ0v) is 5.88. The molecule has 0 aromatic heterocycles. The molecule has 0 aliphatic heterocycles. The topological polar surface area (TPSA) is 40.5 Å². The molecule has 0 aliphatic rings. The second kappa shape index (κ2) is 3.12. The highest BCUT2D eigenvalue weighted by atomic mass is 16.4. The molecule has 0 aromatic rings. The lowest BCUT2D eigenvalue weighted by Gasteiger charge is -2.10. The number of aliphatic carboxylic acids is 1. The van der Waals surface area contributed by atoms with Gasteiger partial charge in [-0.05, 0) is 6.92 Å². The van der Waals surface area contributed by atoms with Gasteiger partial charge in [-0.1, -0.05) is 0 Å². The van der Waals surface area contributed by atoms with Crippen LogP contribution in [-0.4, -0.2) is 30.1 Å². The van der Waals surface area contributed by atoms with Crippen LogP contribution in [0.3, 0.4) is 0 Å². The maximum absolute atomic E-state index is 10.0. The van der Waals surface area contributed by atoms with Gasteiger partial charge in [0.25, 0.3) is 0 Å². The smallest absolute Gasteiger partial charge is 0.330 e. The van der Waals surface area contributed by atoms with Crippen LogP contribution in [-0.2, 0) is 4.79 Å². The Morgan fingerprint density at radius 3 is 2.11 bits per heavy atom. The molecular formula is C6H11NO2. The highest BCUT2D eigenvalue weighted by molar-refractivity contribution is 5.80. The van der Waals surface area contributed by atoms with E-state index < -0.39 is 5.97 Å². The minimum absolute atomic E-state index is 0.738. The van der Waals surface area contributed by atoms with Crippen molar-refractivity contribution in [2.75, 3.05) is 14.1 Å². The van der Waals surface area contributed by atoms with Crippen molar-refractivity contribution < 1.29 is 9.90 Å². The highest BCUT2D eigenvalue weighted by Crippen LogP contribution is 1.93. The van der Waals surface area contributed by atoms with Gasteiger partial charge in [0.15, 0.2) is 0 Å². The summed E-state index contributed by atoms with van der Waals surface area (Å²) in [6, 6.07) is 0. The van der Waals surface area contributed by atoms with Crippen LogP contribution in [0.25, 0.3) is 0 Å². The summed E-state index contributed by atoms with van der Waals surface area (Å²) in [5.74, 6) is -0.902. The average Bonchev–Trinajstić information content (AvgIpc) is 1.63. The van der Waals surface area contributed by atoms with E-state index in [0.717, 1.165) is 5.70 Å². The fraction of sp³-hybridized carbons (Fsp3) is 0.500. The molecule has 9 heavy (non-hydrogen) atoms. The summed E-state index contributed by atoms with van der Waals surface area (Å²) in [5.41, 5.74) is 0.738. The van der Waals surface area contributed by atoms with Gasteiger partial charge in [-0.15, -0.1) is 0 Å². The molecule has 0 fully saturated rings. The monoisotopic (exact) mass is 129 g/mol. The number of carbonyl (C=O) groups is 1. The quantitative estimate of drug-likeness (QED) is 0.553. The fourth-order valence-corrected chi connectivity index (χ4v) is 0.308. The Kier molecular flexibility index (Phi) is 2.78. The molecule has 0 amide bonds. The molecule has 0 unspecified atom stereocenters. The predicted octanol–water partition coefficient (Wildman–Crippen LogP) is 0.536. The Morgan fingerprint density at radius 1 is 1.56 bits per heavy atom. The van der Waals surface area contributed by atoms with Gasteiger partial charge in [-0.2, -0.15) is 0 Å². The first kappa shape index (κ1) is 8.01. The van der Waals surface area contributed by atoms with Crippen molar-refractivity contribution in [2.45, 2.75) is 6.92 Å². The molecule has 3 heteroatoms. The number of rotatable bonds is 2. The molecule has 0 saturated heterocycles. The van der Waals surface area contributed by atoms with E-state index in [9.17, 15) is 4.79 Å². The molecule has 0 spiro atoms. The predicted molar refractivity (Wildman–Crippen MR) is 35.1 cm³/mol. The maximum atomic E-state index is 10.0. The summed E-state index contributed by atoms with van der Waals surface area (Å²) < 4.78 is 0. The minimum Gasteiger partial charge on any atom is -0.478 e. The number of hydrogen-bond acceptors (Lipinski definition) is 2. The fourth-order valence-electron chi connectivity index (χ4n) is 0.308. The normalized spacial score (nSPS) is 11.2. The third-order valence-corrected chi connectivity index (χ3v) is 1.04. The van der Waals surface area contributed by atoms with Crippen molar-refractivity contribution in [1.82, 2.24) is 4.90 Å². The molecule has 0 aliphatic carbocycles. The molecule has 0 bridgehead atoms. The largest absolute Gasteiger partial charge is 0.478 e. The number of carboxylic acid groups (broad SMARTS) is 1. The number of hydrogen-bond donors (Lipinski definition) is 1. The first-order valence-electron chi connectivity index (χ1n) is 2.62. The summed E-state index contributed by atoms with van der Waals surface area (Å²) in [4.78, 5) is 11.8. The van der Waals surface area contributed by atoms with Crippen LogP contribution in [0.4, 0.5) is 0 Å². The van der Waals surface area contributed by atoms with Crippen molar-refractivity contribution in [3.63, 3.8) is 0 Å². The Morgan fingerprint density at radius 2 is 2.00 bits per heavy atom. The molecule has 0 heterocycles. The van der Waals surface area contributed by atoms with Crippen LogP contribution in [0, 0.1) is 0 Å². The van der Waals surface area contributed by atoms with Crippen LogP contribution in [0.15, 0.2) is 11.8 Å². The SMILES string of the molecule is C/C(=C\C(=O)O)N(C)C. The van der Waals surface area contributed by atoms with Gasteiger partial charge in [-0.3, -0.25) is 0 Å². The van der Waals surface area contributed by atoms with Crippen LogP contribution in [0.1, 0.15) is 6.92 Å². The third kappa shape index (κ3) is 3.58. The van der Waals surface area contributed by atoms with Crippen molar-refractivity contribution in [1.29, 1.82) is 0 Å². The molecule has 0 aromatic carbocycles. The molecule has 0 saturated carbocycles. The van der Waals surface area contributed by atoms with Crippen LogP contribution in [0.2, 0.25) is 0 Å². The van der Waals surface area contributed by atoms with Crippen molar-refractivity contribution in [3.8, 4) is 0 Å². The van der Waals surface area contributed by atoms with Crippen molar-refractivity contribution in [3.05, 3.63) is 11.8 Å². The third-order valence-electron chi connectivity index (χ3n) is 1.04. The molecule has 0 rings (SSSR count). The second-order valence-corrected chi connectivity index (χ2v) is 2.02. The van der Waals surface area contributed by atoms with E-state index in [0.29, 0.717) is 0 Å². The summed E-state index contributed by atoms with van der Waals surface area (Å²) in [6.45, 7) is 1.74. The van der Waals surface area contributed by atoms with Crippen LogP contribution in [0.5, 0.6) is 0 Å². The lowest BCUT2D eigenvalue weighted by molar-refractivity contribution is -0.131. The maximum Gasteiger partial charge on any atom is 0.330 e. The Bertz CT molecular complexity index is 138. The van der Waals surface area contributed by atoms with Gasteiger partial charge in [0.05, 0.1) is 0 Å². The molecule has 0 radical (unpaired) electrons. The Labute approximate surface area is 54.6 Å². The summed E-state index contributed by atoms with van der Waals surface area (Å²) in [6.07, 6.45) is 1.17. The van der Waals surface area contributed by atoms with Gasteiger partial charge in [0.1, 0.15) is 0 Å². The zero-order valence-electron chi connectivity index (χ0n) is 5.88. The van der Waals surface area contributed by atoms with E-state index >= 15 is 0 Å². The molecule has 52 valence electrons.